The Morgan fingerprint density at radius 3 is 3.12 bits per heavy atom. The van der Waals surface area contributed by atoms with Crippen molar-refractivity contribution < 1.29 is 4.42 Å². The van der Waals surface area contributed by atoms with E-state index in [9.17, 15) is 0 Å². The van der Waals surface area contributed by atoms with Gasteiger partial charge in [-0.2, -0.15) is 0 Å². The highest BCUT2D eigenvalue weighted by Crippen LogP contribution is 2.28. The minimum atomic E-state index is 0.518. The molecule has 3 aromatic rings. The average molecular weight is 243 g/mol. The van der Waals surface area contributed by atoms with Gasteiger partial charge >= 0.3 is 0 Å². The molecule has 6 nitrogen and oxygen atoms in total. The number of thiazole rings is 1. The fraction of sp³-hybridized carbons (Fsp3) is 0. The van der Waals surface area contributed by atoms with Crippen molar-refractivity contribution in [1.29, 1.82) is 0 Å². The molecular weight excluding hydrogens is 238 g/mol. The first-order valence-electron chi connectivity index (χ1n) is 4.71. The summed E-state index contributed by atoms with van der Waals surface area (Å²) in [6, 6.07) is 5.10. The van der Waals surface area contributed by atoms with Gasteiger partial charge in [-0.05, 0) is 23.7 Å². The van der Waals surface area contributed by atoms with Crippen LogP contribution in [0.3, 0.4) is 0 Å². The van der Waals surface area contributed by atoms with Gasteiger partial charge in [0.15, 0.2) is 5.58 Å². The largest absolute Gasteiger partial charge is 0.435 e. The van der Waals surface area contributed by atoms with Crippen molar-refractivity contribution in [2.45, 2.75) is 0 Å². The lowest BCUT2D eigenvalue weighted by Gasteiger charge is -1.88. The highest BCUT2D eigenvalue weighted by molar-refractivity contribution is 7.13. The van der Waals surface area contributed by atoms with Crippen molar-refractivity contribution in [3.63, 3.8) is 0 Å². The molecule has 0 saturated heterocycles. The first kappa shape index (κ1) is 9.83. The summed E-state index contributed by atoms with van der Waals surface area (Å²) in [6.07, 6.45) is 1.70. The quantitative estimate of drug-likeness (QED) is 0.388. The number of nitrogens with zero attached hydrogens (tertiary/aromatic N) is 5. The zero-order valence-corrected chi connectivity index (χ0v) is 9.26. The Bertz CT molecular complexity index is 711. The van der Waals surface area contributed by atoms with Gasteiger partial charge in [-0.15, -0.1) is 11.3 Å². The van der Waals surface area contributed by atoms with Gasteiger partial charge in [-0.25, -0.2) is 4.98 Å². The van der Waals surface area contributed by atoms with E-state index in [2.05, 4.69) is 20.0 Å². The van der Waals surface area contributed by atoms with E-state index >= 15 is 0 Å². The molecule has 0 spiro atoms. The molecule has 0 aliphatic heterocycles. The molecule has 0 N–H and O–H groups in total. The molecule has 0 radical (unpaired) electrons. The molecule has 2 heterocycles. The molecule has 0 fully saturated rings. The third kappa shape index (κ3) is 1.73. The van der Waals surface area contributed by atoms with Crippen LogP contribution in [0.2, 0.25) is 0 Å². The predicted octanol–water partition coefficient (Wildman–Crippen LogP) is 3.89. The average Bonchev–Trinajstić information content (AvgIpc) is 2.97. The monoisotopic (exact) mass is 243 g/mol. The molecular formula is C10H5N5OS. The Hall–Kier alpha value is -2.37. The number of azide groups is 1. The van der Waals surface area contributed by atoms with Gasteiger partial charge in [0, 0.05) is 10.6 Å². The van der Waals surface area contributed by atoms with E-state index in [0.717, 1.165) is 4.88 Å². The number of benzene rings is 1. The van der Waals surface area contributed by atoms with Crippen LogP contribution in [0.15, 0.2) is 39.4 Å². The second kappa shape index (κ2) is 3.89. The third-order valence-corrected chi connectivity index (χ3v) is 2.94. The van der Waals surface area contributed by atoms with Crippen LogP contribution in [0.25, 0.3) is 32.3 Å². The Labute approximate surface area is 99.2 Å². The Kier molecular flexibility index (Phi) is 2.25. The van der Waals surface area contributed by atoms with E-state index in [1.807, 2.05) is 0 Å². The Morgan fingerprint density at radius 2 is 2.35 bits per heavy atom. The summed E-state index contributed by atoms with van der Waals surface area (Å²) in [5.74, 6) is 0.528. The van der Waals surface area contributed by atoms with Crippen LogP contribution in [0.1, 0.15) is 0 Å². The van der Waals surface area contributed by atoms with Crippen LogP contribution < -0.4 is 0 Å². The van der Waals surface area contributed by atoms with Crippen molar-refractivity contribution in [3.8, 4) is 10.8 Å². The van der Waals surface area contributed by atoms with E-state index in [1.54, 1.807) is 29.9 Å². The van der Waals surface area contributed by atoms with Crippen molar-refractivity contribution >= 4 is 28.1 Å². The van der Waals surface area contributed by atoms with Gasteiger partial charge in [-0.1, -0.05) is 5.11 Å². The Morgan fingerprint density at radius 1 is 1.41 bits per heavy atom. The van der Waals surface area contributed by atoms with Gasteiger partial charge < -0.3 is 4.42 Å². The first-order valence-corrected chi connectivity index (χ1v) is 5.59. The number of fused-ring (bicyclic) bond motifs is 1. The number of hydrogen-bond acceptors (Lipinski definition) is 5. The first-order chi connectivity index (χ1) is 8.36. The Balaban J connectivity index is 2.16. The molecule has 1 aromatic carbocycles. The van der Waals surface area contributed by atoms with Gasteiger partial charge in [0.05, 0.1) is 11.7 Å². The fourth-order valence-corrected chi connectivity index (χ4v) is 2.00. The lowest BCUT2D eigenvalue weighted by Crippen LogP contribution is -1.69. The van der Waals surface area contributed by atoms with E-state index < -0.39 is 0 Å². The maximum Gasteiger partial charge on any atom is 0.239 e. The lowest BCUT2D eigenvalue weighted by molar-refractivity contribution is 0.621. The molecule has 0 unspecified atom stereocenters. The smallest absolute Gasteiger partial charge is 0.239 e. The molecule has 7 heteroatoms. The van der Waals surface area contributed by atoms with Crippen molar-refractivity contribution in [3.05, 3.63) is 40.3 Å². The summed E-state index contributed by atoms with van der Waals surface area (Å²) < 4.78 is 5.57. The fourth-order valence-electron chi connectivity index (χ4n) is 1.46. The van der Waals surface area contributed by atoms with Crippen LogP contribution in [0.5, 0.6) is 0 Å². The normalized spacial score (nSPS) is 10.4. The summed E-state index contributed by atoms with van der Waals surface area (Å²) in [5.41, 5.74) is 11.9. The minimum absolute atomic E-state index is 0.518. The summed E-state index contributed by atoms with van der Waals surface area (Å²) in [6.45, 7) is 0. The van der Waals surface area contributed by atoms with E-state index in [0.29, 0.717) is 22.7 Å². The summed E-state index contributed by atoms with van der Waals surface area (Å²) >= 11 is 1.46. The molecule has 82 valence electrons. The third-order valence-electron chi connectivity index (χ3n) is 2.17. The van der Waals surface area contributed by atoms with Crippen molar-refractivity contribution in [1.82, 2.24) is 9.97 Å². The maximum absolute atomic E-state index is 8.36. The number of rotatable bonds is 2. The zero-order valence-electron chi connectivity index (χ0n) is 8.44. The highest BCUT2D eigenvalue weighted by atomic mass is 32.1. The molecule has 0 aliphatic carbocycles. The zero-order chi connectivity index (χ0) is 11.7. The van der Waals surface area contributed by atoms with E-state index in [4.69, 9.17) is 9.95 Å². The molecule has 0 aliphatic rings. The highest BCUT2D eigenvalue weighted by Gasteiger charge is 2.09. The topological polar surface area (TPSA) is 87.7 Å². The lowest BCUT2D eigenvalue weighted by atomic mass is 10.3. The summed E-state index contributed by atoms with van der Waals surface area (Å²) in [4.78, 5) is 11.9. The molecule has 0 atom stereocenters. The second-order valence-electron chi connectivity index (χ2n) is 3.23. The molecule has 0 saturated carbocycles. The molecule has 0 bridgehead atoms. The SMILES string of the molecule is [N-]=[N+]=Nc1ccc2oc(-c3cncs3)nc2c1. The maximum atomic E-state index is 8.36. The summed E-state index contributed by atoms with van der Waals surface area (Å²) in [7, 11) is 0. The molecule has 3 rings (SSSR count). The summed E-state index contributed by atoms with van der Waals surface area (Å²) in [5, 5.41) is 3.52. The van der Waals surface area contributed by atoms with Gasteiger partial charge in [0.25, 0.3) is 0 Å². The van der Waals surface area contributed by atoms with Crippen LogP contribution in [0.4, 0.5) is 5.69 Å². The van der Waals surface area contributed by atoms with Crippen LogP contribution in [-0.2, 0) is 0 Å². The minimum Gasteiger partial charge on any atom is -0.435 e. The predicted molar refractivity (Wildman–Crippen MR) is 63.9 cm³/mol. The van der Waals surface area contributed by atoms with Crippen molar-refractivity contribution in [2.75, 3.05) is 0 Å². The number of aromatic nitrogens is 2. The molecule has 17 heavy (non-hydrogen) atoms. The standard InChI is InChI=1S/C10H5N5OS/c11-15-14-6-1-2-8-7(3-6)13-10(16-8)9-4-12-5-17-9/h1-5H. The van der Waals surface area contributed by atoms with Gasteiger partial charge in [0.1, 0.15) is 10.4 Å². The van der Waals surface area contributed by atoms with Gasteiger partial charge in [-0.3, -0.25) is 4.98 Å². The van der Waals surface area contributed by atoms with E-state index in [1.165, 1.54) is 11.3 Å². The van der Waals surface area contributed by atoms with E-state index in [-0.39, 0.29) is 0 Å². The van der Waals surface area contributed by atoms with Crippen LogP contribution in [0, 0.1) is 0 Å². The number of oxazole rings is 1. The van der Waals surface area contributed by atoms with Gasteiger partial charge in [0.2, 0.25) is 5.89 Å². The van der Waals surface area contributed by atoms with Crippen LogP contribution in [-0.4, -0.2) is 9.97 Å². The van der Waals surface area contributed by atoms with Crippen LogP contribution >= 0.6 is 11.3 Å². The number of hydrogen-bond donors (Lipinski definition) is 0. The van der Waals surface area contributed by atoms with Crippen molar-refractivity contribution in [2.24, 2.45) is 5.11 Å². The molecule has 2 aromatic heterocycles. The second-order valence-corrected chi connectivity index (χ2v) is 4.11. The molecule has 0 amide bonds.